The summed E-state index contributed by atoms with van der Waals surface area (Å²) in [7, 11) is 4.08. The van der Waals surface area contributed by atoms with E-state index in [2.05, 4.69) is 17.3 Å². The fourth-order valence-corrected chi connectivity index (χ4v) is 2.89. The summed E-state index contributed by atoms with van der Waals surface area (Å²) in [6.07, 6.45) is 2.69. The molecular weight excluding hydrogens is 204 g/mol. The van der Waals surface area contributed by atoms with Gasteiger partial charge in [0.1, 0.15) is 0 Å². The van der Waals surface area contributed by atoms with Crippen molar-refractivity contribution in [3.05, 3.63) is 0 Å². The lowest BCUT2D eigenvalue weighted by molar-refractivity contribution is -0.138. The number of nitrogens with one attached hydrogen (secondary N) is 1. The molecular formula is C12H24N2O2. The standard InChI is InChI=1S/C12H24N2O2/c1-9(7-11(15)16)12(13-2)10-5-4-6-14(3)8-10/h9-10,12-13H,4-8H2,1-3H3,(H,15,16). The lowest BCUT2D eigenvalue weighted by Gasteiger charge is -2.37. The Bertz CT molecular complexity index is 233. The first-order valence-electron chi connectivity index (χ1n) is 6.12. The molecule has 3 unspecified atom stereocenters. The van der Waals surface area contributed by atoms with E-state index in [4.69, 9.17) is 5.11 Å². The quantitative estimate of drug-likeness (QED) is 0.738. The van der Waals surface area contributed by atoms with Gasteiger partial charge in [0.2, 0.25) is 0 Å². The zero-order valence-corrected chi connectivity index (χ0v) is 10.6. The molecule has 4 heteroatoms. The smallest absolute Gasteiger partial charge is 0.303 e. The Morgan fingerprint density at radius 1 is 1.62 bits per heavy atom. The Morgan fingerprint density at radius 2 is 2.31 bits per heavy atom. The van der Waals surface area contributed by atoms with Gasteiger partial charge in [-0.1, -0.05) is 6.92 Å². The van der Waals surface area contributed by atoms with Gasteiger partial charge in [0.25, 0.3) is 0 Å². The Kier molecular flexibility index (Phi) is 5.22. The summed E-state index contributed by atoms with van der Waals surface area (Å²) in [6, 6.07) is 0.318. The molecule has 1 aliphatic rings. The second-order valence-electron chi connectivity index (χ2n) is 5.05. The number of aliphatic carboxylic acids is 1. The summed E-state index contributed by atoms with van der Waals surface area (Å²) in [5.74, 6) is 0.0778. The molecule has 1 saturated heterocycles. The van der Waals surface area contributed by atoms with Crippen LogP contribution in [0, 0.1) is 11.8 Å². The van der Waals surface area contributed by atoms with Crippen molar-refractivity contribution >= 4 is 5.97 Å². The van der Waals surface area contributed by atoms with Crippen LogP contribution in [0.3, 0.4) is 0 Å². The summed E-state index contributed by atoms with van der Waals surface area (Å²) in [5, 5.41) is 12.1. The molecule has 0 spiro atoms. The van der Waals surface area contributed by atoms with Gasteiger partial charge in [-0.15, -0.1) is 0 Å². The van der Waals surface area contributed by atoms with Crippen molar-refractivity contribution in [1.82, 2.24) is 10.2 Å². The molecule has 94 valence electrons. The molecule has 1 heterocycles. The van der Waals surface area contributed by atoms with Gasteiger partial charge >= 0.3 is 5.97 Å². The minimum Gasteiger partial charge on any atom is -0.481 e. The number of hydrogen-bond acceptors (Lipinski definition) is 3. The summed E-state index contributed by atoms with van der Waals surface area (Å²) in [4.78, 5) is 13.1. The number of piperidine rings is 1. The molecule has 0 aromatic heterocycles. The first-order valence-corrected chi connectivity index (χ1v) is 6.12. The highest BCUT2D eigenvalue weighted by atomic mass is 16.4. The molecule has 16 heavy (non-hydrogen) atoms. The number of hydrogen-bond donors (Lipinski definition) is 2. The Morgan fingerprint density at radius 3 is 2.81 bits per heavy atom. The monoisotopic (exact) mass is 228 g/mol. The predicted molar refractivity (Wildman–Crippen MR) is 64.5 cm³/mol. The van der Waals surface area contributed by atoms with Crippen LogP contribution in [0.1, 0.15) is 26.2 Å². The SMILES string of the molecule is CNC(C(C)CC(=O)O)C1CCCN(C)C1. The van der Waals surface area contributed by atoms with Crippen molar-refractivity contribution < 1.29 is 9.90 Å². The van der Waals surface area contributed by atoms with E-state index in [9.17, 15) is 4.79 Å². The van der Waals surface area contributed by atoms with Crippen LogP contribution in [0.15, 0.2) is 0 Å². The number of carboxylic acids is 1. The van der Waals surface area contributed by atoms with Crippen LogP contribution in [-0.4, -0.2) is 49.2 Å². The van der Waals surface area contributed by atoms with Gasteiger partial charge in [0, 0.05) is 19.0 Å². The van der Waals surface area contributed by atoms with Crippen molar-refractivity contribution in [3.8, 4) is 0 Å². The Balaban J connectivity index is 2.54. The summed E-state index contributed by atoms with van der Waals surface area (Å²) in [5.41, 5.74) is 0. The first kappa shape index (κ1) is 13.5. The molecule has 2 N–H and O–H groups in total. The topological polar surface area (TPSA) is 52.6 Å². The second kappa shape index (κ2) is 6.21. The minimum atomic E-state index is -0.697. The molecule has 0 aromatic rings. The van der Waals surface area contributed by atoms with Gasteiger partial charge in [-0.2, -0.15) is 0 Å². The maximum atomic E-state index is 10.7. The number of carbonyl (C=O) groups is 1. The molecule has 0 aromatic carbocycles. The van der Waals surface area contributed by atoms with E-state index in [1.54, 1.807) is 0 Å². The van der Waals surface area contributed by atoms with Crippen LogP contribution in [0.25, 0.3) is 0 Å². The fraction of sp³-hybridized carbons (Fsp3) is 0.917. The number of carboxylic acid groups (broad SMARTS) is 1. The average molecular weight is 228 g/mol. The van der Waals surface area contributed by atoms with E-state index in [-0.39, 0.29) is 12.3 Å². The Hall–Kier alpha value is -0.610. The van der Waals surface area contributed by atoms with Crippen LogP contribution in [0.2, 0.25) is 0 Å². The highest BCUT2D eigenvalue weighted by Crippen LogP contribution is 2.24. The van der Waals surface area contributed by atoms with Gasteiger partial charge in [-0.25, -0.2) is 0 Å². The first-order chi connectivity index (χ1) is 7.54. The molecule has 3 atom stereocenters. The summed E-state index contributed by atoms with van der Waals surface area (Å²) in [6.45, 7) is 4.28. The number of rotatable bonds is 5. The Labute approximate surface area is 98.0 Å². The summed E-state index contributed by atoms with van der Waals surface area (Å²) < 4.78 is 0. The lowest BCUT2D eigenvalue weighted by Crippen LogP contribution is -2.47. The van der Waals surface area contributed by atoms with E-state index < -0.39 is 5.97 Å². The molecule has 1 fully saturated rings. The minimum absolute atomic E-state index is 0.194. The van der Waals surface area contributed by atoms with Crippen LogP contribution < -0.4 is 5.32 Å². The molecule has 0 bridgehead atoms. The maximum Gasteiger partial charge on any atom is 0.303 e. The zero-order valence-electron chi connectivity index (χ0n) is 10.6. The van der Waals surface area contributed by atoms with Gasteiger partial charge in [0.05, 0.1) is 0 Å². The highest BCUT2D eigenvalue weighted by Gasteiger charge is 2.29. The molecule has 4 nitrogen and oxygen atoms in total. The van der Waals surface area contributed by atoms with E-state index in [1.165, 1.54) is 19.4 Å². The van der Waals surface area contributed by atoms with Gasteiger partial charge in [0.15, 0.2) is 0 Å². The lowest BCUT2D eigenvalue weighted by atomic mass is 9.82. The van der Waals surface area contributed by atoms with Crippen molar-refractivity contribution in [2.75, 3.05) is 27.2 Å². The third-order valence-corrected chi connectivity index (χ3v) is 3.61. The van der Waals surface area contributed by atoms with E-state index >= 15 is 0 Å². The van der Waals surface area contributed by atoms with Crippen LogP contribution in [-0.2, 0) is 4.79 Å². The molecule has 0 saturated carbocycles. The van der Waals surface area contributed by atoms with Crippen molar-refractivity contribution in [2.45, 2.75) is 32.2 Å². The average Bonchev–Trinajstić information content (AvgIpc) is 2.17. The summed E-state index contributed by atoms with van der Waals surface area (Å²) >= 11 is 0. The van der Waals surface area contributed by atoms with Crippen molar-refractivity contribution in [3.63, 3.8) is 0 Å². The highest BCUT2D eigenvalue weighted by molar-refractivity contribution is 5.67. The third-order valence-electron chi connectivity index (χ3n) is 3.61. The zero-order chi connectivity index (χ0) is 12.1. The van der Waals surface area contributed by atoms with Gasteiger partial charge in [-0.05, 0) is 45.3 Å². The van der Waals surface area contributed by atoms with E-state index in [0.29, 0.717) is 12.0 Å². The molecule has 1 aliphatic heterocycles. The normalized spacial score (nSPS) is 26.3. The van der Waals surface area contributed by atoms with E-state index in [0.717, 1.165) is 6.54 Å². The van der Waals surface area contributed by atoms with Gasteiger partial charge in [-0.3, -0.25) is 4.79 Å². The number of nitrogens with zero attached hydrogens (tertiary/aromatic N) is 1. The number of likely N-dealkylation sites (tertiary alicyclic amines) is 1. The largest absolute Gasteiger partial charge is 0.481 e. The predicted octanol–water partition coefficient (Wildman–Crippen LogP) is 1.03. The fourth-order valence-electron chi connectivity index (χ4n) is 2.89. The van der Waals surface area contributed by atoms with Crippen molar-refractivity contribution in [2.24, 2.45) is 11.8 Å². The maximum absolute atomic E-state index is 10.7. The molecule has 0 radical (unpaired) electrons. The molecule has 0 amide bonds. The van der Waals surface area contributed by atoms with Gasteiger partial charge < -0.3 is 15.3 Å². The molecule has 0 aliphatic carbocycles. The van der Waals surface area contributed by atoms with E-state index in [1.807, 2.05) is 14.0 Å². The van der Waals surface area contributed by atoms with Crippen LogP contribution in [0.5, 0.6) is 0 Å². The van der Waals surface area contributed by atoms with Crippen molar-refractivity contribution in [1.29, 1.82) is 0 Å². The molecule has 1 rings (SSSR count). The third kappa shape index (κ3) is 3.76. The van der Waals surface area contributed by atoms with Crippen LogP contribution >= 0.6 is 0 Å². The second-order valence-corrected chi connectivity index (χ2v) is 5.05. The van der Waals surface area contributed by atoms with Crippen LogP contribution in [0.4, 0.5) is 0 Å².